The number of phenolic OH excluding ortho intramolecular Hbond substituents is 2. The standard InChI is InChI=1S/C68H75ClF3N13O6/c1-5-61(89)84-31-30-82(38-50(84)20-25-73)63-53-24-29-81(58-11-7-9-48-8-6-10-56(69)62(48)58)39-57(53)75-67(76-63)91-40-52-33-51(37-79(52)4)83(42-86)28-23-44-12-14-47(15-13-44)36-80-26-21-46(22-27-80)32-45-16-18-49(19-17-45)85-64(55-34-54(43(2)3)59(87)35-60(55)88)77-78-65(85)66(90)74-41-68(70,71)72/h5-19,34-35,42-43,46,50-52,87-88H,1,20-24,26-33,36-41H2,2-4H3,(H,74,90)/t50-,51-,52-/m0/s1. The Hall–Kier alpha value is -8.78. The number of benzene rings is 5. The predicted octanol–water partition coefficient (Wildman–Crippen LogP) is 9.64. The lowest BCUT2D eigenvalue weighted by molar-refractivity contribution is -0.128. The van der Waals surface area contributed by atoms with Crippen molar-refractivity contribution < 1.29 is 42.5 Å². The first-order valence-corrected chi connectivity index (χ1v) is 31.4. The fourth-order valence-electron chi connectivity index (χ4n) is 13.3. The summed E-state index contributed by atoms with van der Waals surface area (Å²) in [6, 6.07) is 33.0. The zero-order chi connectivity index (χ0) is 64.1. The summed E-state index contributed by atoms with van der Waals surface area (Å²) in [6.45, 7) is 12.6. The Bertz CT molecular complexity index is 3830. The molecule has 0 saturated carbocycles. The number of carbonyl (C=O) groups is 3. The third kappa shape index (κ3) is 14.5. The Labute approximate surface area is 532 Å². The number of nitrogens with one attached hydrogen (secondary N) is 1. The van der Waals surface area contributed by atoms with Gasteiger partial charge in [-0.25, -0.2) is 0 Å². The number of nitriles is 1. The summed E-state index contributed by atoms with van der Waals surface area (Å²) in [5.41, 5.74) is 7.35. The lowest BCUT2D eigenvalue weighted by Crippen LogP contribution is -2.55. The van der Waals surface area contributed by atoms with E-state index in [1.54, 1.807) is 17.0 Å². The topological polar surface area (TPSA) is 213 Å². The van der Waals surface area contributed by atoms with Crippen molar-refractivity contribution in [2.75, 3.05) is 82.4 Å². The maximum atomic E-state index is 13.2. The molecule has 0 unspecified atom stereocenters. The largest absolute Gasteiger partial charge is 0.508 e. The molecule has 23 heteroatoms. The van der Waals surface area contributed by atoms with E-state index in [4.69, 9.17) is 26.3 Å². The van der Waals surface area contributed by atoms with Gasteiger partial charge in [0.15, 0.2) is 5.82 Å². The summed E-state index contributed by atoms with van der Waals surface area (Å²) in [5, 5.41) is 43.9. The molecule has 0 aliphatic carbocycles. The lowest BCUT2D eigenvalue weighted by Gasteiger charge is -2.42. The first-order valence-electron chi connectivity index (χ1n) is 31.0. The number of alkyl halides is 3. The van der Waals surface area contributed by atoms with Crippen LogP contribution in [0, 0.1) is 17.2 Å². The van der Waals surface area contributed by atoms with Crippen LogP contribution in [0.2, 0.25) is 5.02 Å². The van der Waals surface area contributed by atoms with Crippen LogP contribution in [0.15, 0.2) is 110 Å². The smallest absolute Gasteiger partial charge is 0.405 e. The molecule has 19 nitrogen and oxygen atoms in total. The van der Waals surface area contributed by atoms with Gasteiger partial charge < -0.3 is 39.9 Å². The summed E-state index contributed by atoms with van der Waals surface area (Å²) < 4.78 is 47.3. The minimum atomic E-state index is -4.65. The number of fused-ring (bicyclic) bond motifs is 2. The Morgan fingerprint density at radius 3 is 2.35 bits per heavy atom. The molecule has 2 aromatic heterocycles. The minimum Gasteiger partial charge on any atom is -0.508 e. The van der Waals surface area contributed by atoms with Crippen molar-refractivity contribution in [3.05, 3.63) is 154 Å². The quantitative estimate of drug-likeness (QED) is 0.0451. The van der Waals surface area contributed by atoms with Gasteiger partial charge in [0.2, 0.25) is 18.1 Å². The molecule has 3 amide bonds. The Balaban J connectivity index is 0.681. The van der Waals surface area contributed by atoms with Gasteiger partial charge in [-0.3, -0.25) is 28.8 Å². The predicted molar refractivity (Wildman–Crippen MR) is 341 cm³/mol. The normalized spacial score (nSPS) is 18.3. The van der Waals surface area contributed by atoms with Crippen LogP contribution in [-0.4, -0.2) is 170 Å². The summed E-state index contributed by atoms with van der Waals surface area (Å²) in [4.78, 5) is 61.7. The minimum absolute atomic E-state index is 0.0121. The molecule has 91 heavy (non-hydrogen) atoms. The lowest BCUT2D eigenvalue weighted by atomic mass is 9.90. The van der Waals surface area contributed by atoms with Crippen LogP contribution in [0.25, 0.3) is 27.8 Å². The molecule has 0 radical (unpaired) electrons. The number of aromatic hydroxyl groups is 2. The number of phenols is 2. The third-order valence-electron chi connectivity index (χ3n) is 18.3. The Morgan fingerprint density at radius 2 is 1.64 bits per heavy atom. The number of aromatic nitrogens is 5. The van der Waals surface area contributed by atoms with Crippen molar-refractivity contribution in [1.82, 2.24) is 49.6 Å². The third-order valence-corrected chi connectivity index (χ3v) is 18.6. The molecule has 3 saturated heterocycles. The van der Waals surface area contributed by atoms with E-state index in [-0.39, 0.29) is 65.3 Å². The fourth-order valence-corrected chi connectivity index (χ4v) is 13.6. The van der Waals surface area contributed by atoms with Gasteiger partial charge in [-0.15, -0.1) is 10.2 Å². The molecule has 3 N–H and O–H groups in total. The second-order valence-electron chi connectivity index (χ2n) is 24.6. The number of halogens is 4. The first-order chi connectivity index (χ1) is 43.8. The van der Waals surface area contributed by atoms with E-state index in [1.165, 1.54) is 28.3 Å². The van der Waals surface area contributed by atoms with Crippen molar-refractivity contribution in [1.29, 1.82) is 5.26 Å². The monoisotopic (exact) mass is 1260 g/mol. The van der Waals surface area contributed by atoms with E-state index in [2.05, 4.69) is 92.0 Å². The van der Waals surface area contributed by atoms with Crippen LogP contribution in [-0.2, 0) is 41.9 Å². The summed E-state index contributed by atoms with van der Waals surface area (Å²) >= 11 is 6.82. The number of likely N-dealkylation sites (N-methyl/N-ethyl adjacent to an activating group) is 1. The van der Waals surface area contributed by atoms with Gasteiger partial charge in [0.25, 0.3) is 5.91 Å². The van der Waals surface area contributed by atoms with Gasteiger partial charge in [0.05, 0.1) is 41.4 Å². The van der Waals surface area contributed by atoms with E-state index in [9.17, 15) is 43.0 Å². The van der Waals surface area contributed by atoms with Crippen LogP contribution in [0.5, 0.6) is 17.5 Å². The number of hydrogen-bond donors (Lipinski definition) is 3. The van der Waals surface area contributed by atoms with Crippen LogP contribution in [0.1, 0.15) is 89.6 Å². The van der Waals surface area contributed by atoms with Gasteiger partial charge >= 0.3 is 12.2 Å². The van der Waals surface area contributed by atoms with Gasteiger partial charge in [0, 0.05) is 86.3 Å². The van der Waals surface area contributed by atoms with Gasteiger partial charge in [-0.1, -0.05) is 92.7 Å². The van der Waals surface area contributed by atoms with Gasteiger partial charge in [-0.05, 0) is 135 Å². The van der Waals surface area contributed by atoms with Gasteiger partial charge in [0.1, 0.15) is 30.5 Å². The van der Waals surface area contributed by atoms with Crippen LogP contribution in [0.3, 0.4) is 0 Å². The highest BCUT2D eigenvalue weighted by molar-refractivity contribution is 6.36. The summed E-state index contributed by atoms with van der Waals surface area (Å²) in [5.74, 6) is -1.10. The molecule has 0 bridgehead atoms. The Kier molecular flexibility index (Phi) is 19.5. The number of hydrogen-bond acceptors (Lipinski definition) is 15. The summed E-state index contributed by atoms with van der Waals surface area (Å²) in [6.07, 6.45) is 2.63. The van der Waals surface area contributed by atoms with Crippen molar-refractivity contribution in [3.63, 3.8) is 0 Å². The zero-order valence-electron chi connectivity index (χ0n) is 51.3. The SMILES string of the molecule is C=CC(=O)N1CCN(c2nc(OC[C@@H]3C[C@H](N(C=O)CCc4ccc(CN5CCC(Cc6ccc(-n7c(C(=O)NCC(F)(F)F)nnc7-c7cc(C(C)C)c(O)cc7O)cc6)CC5)cc4)CN3C)nc3c2CCN(c2cccc4cccc(Cl)c24)C3)C[C@@H]1CC#N. The molecule has 0 spiro atoms. The number of piperazine rings is 1. The Morgan fingerprint density at radius 1 is 0.901 bits per heavy atom. The molecule has 476 valence electrons. The molecule has 4 aliphatic heterocycles. The van der Waals surface area contributed by atoms with Crippen molar-refractivity contribution >= 4 is 52.1 Å². The van der Waals surface area contributed by atoms with Gasteiger partial charge in [-0.2, -0.15) is 28.4 Å². The maximum absolute atomic E-state index is 13.2. The average molecular weight is 1260 g/mol. The number of rotatable bonds is 21. The van der Waals surface area contributed by atoms with Crippen LogP contribution >= 0.6 is 11.6 Å². The fraction of sp³-hybridized carbons (Fsp3) is 0.412. The average Bonchev–Trinajstić information content (AvgIpc) is 1.71. The number of carbonyl (C=O) groups excluding carboxylic acids is 3. The number of amides is 3. The molecule has 11 rings (SSSR count). The van der Waals surface area contributed by atoms with E-state index < -0.39 is 24.5 Å². The number of ether oxygens (including phenoxy) is 1. The van der Waals surface area contributed by atoms with E-state index >= 15 is 0 Å². The van der Waals surface area contributed by atoms with Crippen LogP contribution in [0.4, 0.5) is 24.7 Å². The molecule has 4 aliphatic rings. The molecule has 3 fully saturated rings. The highest BCUT2D eigenvalue weighted by Gasteiger charge is 2.37. The number of likely N-dealkylation sites (tertiary alicyclic amines) is 2. The second kappa shape index (κ2) is 27.8. The first kappa shape index (κ1) is 63.8. The van der Waals surface area contributed by atoms with Crippen molar-refractivity contribution in [2.45, 2.75) is 102 Å². The number of anilines is 2. The number of piperidine rings is 1. The number of nitrogens with zero attached hydrogens (tertiary/aromatic N) is 12. The highest BCUT2D eigenvalue weighted by atomic mass is 35.5. The summed E-state index contributed by atoms with van der Waals surface area (Å²) in [7, 11) is 2.05. The molecule has 5 aromatic carbocycles. The molecule has 7 aromatic rings. The molecule has 3 atom stereocenters. The molecular weight excluding hydrogens is 1190 g/mol. The van der Waals surface area contributed by atoms with E-state index in [0.29, 0.717) is 93.9 Å². The maximum Gasteiger partial charge on any atom is 0.405 e. The van der Waals surface area contributed by atoms with Crippen molar-refractivity contribution in [3.8, 4) is 40.7 Å². The van der Waals surface area contributed by atoms with Crippen molar-refractivity contribution in [2.24, 2.45) is 5.92 Å². The zero-order valence-corrected chi connectivity index (χ0v) is 52.1. The second-order valence-corrected chi connectivity index (χ2v) is 25.0. The van der Waals surface area contributed by atoms with E-state index in [1.807, 2.05) is 54.4 Å². The highest BCUT2D eigenvalue weighted by Crippen LogP contribution is 2.40. The molecular formula is C68H75ClF3N13O6. The van der Waals surface area contributed by atoms with E-state index in [0.717, 1.165) is 90.0 Å². The molecule has 6 heterocycles. The van der Waals surface area contributed by atoms with Crippen LogP contribution < -0.4 is 19.9 Å².